The van der Waals surface area contributed by atoms with E-state index in [9.17, 15) is 14.0 Å². The van der Waals surface area contributed by atoms with E-state index >= 15 is 0 Å². The highest BCUT2D eigenvalue weighted by Crippen LogP contribution is 2.11. The van der Waals surface area contributed by atoms with Gasteiger partial charge in [0, 0.05) is 6.21 Å². The van der Waals surface area contributed by atoms with Crippen LogP contribution in [0, 0.1) is 11.7 Å². The van der Waals surface area contributed by atoms with Crippen molar-refractivity contribution in [1.29, 1.82) is 0 Å². The van der Waals surface area contributed by atoms with Crippen molar-refractivity contribution in [2.45, 2.75) is 32.8 Å². The zero-order chi connectivity index (χ0) is 16.0. The number of amides is 1. The minimum atomic E-state index is -1.12. The molecule has 1 aromatic rings. The van der Waals surface area contributed by atoms with Crippen molar-refractivity contribution in [3.63, 3.8) is 0 Å². The lowest BCUT2D eigenvalue weighted by Gasteiger charge is -2.17. The van der Waals surface area contributed by atoms with Gasteiger partial charge in [-0.05, 0) is 44.9 Å². The number of hydrogen-bond donors (Lipinski definition) is 1. The molecule has 0 aliphatic carbocycles. The fourth-order valence-corrected chi connectivity index (χ4v) is 1.52. The van der Waals surface area contributed by atoms with E-state index in [2.05, 4.69) is 4.99 Å². The minimum absolute atomic E-state index is 0.113. The van der Waals surface area contributed by atoms with Crippen molar-refractivity contribution in [1.82, 2.24) is 0 Å². The van der Waals surface area contributed by atoms with Crippen LogP contribution in [0.2, 0.25) is 0 Å². The van der Waals surface area contributed by atoms with Crippen molar-refractivity contribution in [3.8, 4) is 0 Å². The van der Waals surface area contributed by atoms with Crippen LogP contribution >= 0.6 is 0 Å². The van der Waals surface area contributed by atoms with Gasteiger partial charge in [0.2, 0.25) is 0 Å². The molecule has 0 saturated heterocycles. The number of benzene rings is 1. The van der Waals surface area contributed by atoms with E-state index in [1.807, 2.05) is 0 Å². The normalized spacial score (nSPS) is 13.1. The number of aliphatic carboxylic acids is 1. The van der Waals surface area contributed by atoms with Crippen LogP contribution in [0.15, 0.2) is 29.3 Å². The Labute approximate surface area is 122 Å². The first kappa shape index (κ1) is 16.8. The van der Waals surface area contributed by atoms with Crippen LogP contribution in [0.3, 0.4) is 0 Å². The Morgan fingerprint density at radius 2 is 1.90 bits per heavy atom. The van der Waals surface area contributed by atoms with Crippen LogP contribution in [0.4, 0.5) is 9.18 Å². The molecule has 0 aliphatic rings. The molecule has 0 fully saturated rings. The summed E-state index contributed by atoms with van der Waals surface area (Å²) in [5, 5.41) is 9.12. The van der Waals surface area contributed by atoms with Crippen molar-refractivity contribution in [2.75, 3.05) is 0 Å². The first-order valence-corrected chi connectivity index (χ1v) is 6.42. The summed E-state index contributed by atoms with van der Waals surface area (Å²) in [5.41, 5.74) is -0.0520. The topological polar surface area (TPSA) is 76.0 Å². The Hall–Kier alpha value is -2.24. The number of carbonyl (C=O) groups excluding carboxylic acids is 1. The molecular weight excluding hydrogens is 277 g/mol. The Morgan fingerprint density at radius 1 is 1.33 bits per heavy atom. The number of halogens is 1. The van der Waals surface area contributed by atoms with Crippen LogP contribution in [0.1, 0.15) is 26.3 Å². The van der Waals surface area contributed by atoms with Crippen LogP contribution in [0.5, 0.6) is 0 Å². The molecule has 21 heavy (non-hydrogen) atoms. The van der Waals surface area contributed by atoms with Gasteiger partial charge in [0.05, 0.1) is 5.92 Å². The number of aliphatic imine (C=N–C) groups is 1. The second-order valence-corrected chi connectivity index (χ2v) is 5.53. The first-order chi connectivity index (χ1) is 9.67. The maximum atomic E-state index is 12.8. The molecule has 1 amide bonds. The summed E-state index contributed by atoms with van der Waals surface area (Å²) >= 11 is 0. The van der Waals surface area contributed by atoms with E-state index in [1.165, 1.54) is 24.3 Å². The fraction of sp³-hybridized carbons (Fsp3) is 0.400. The number of nitrogens with zero attached hydrogens (tertiary/aromatic N) is 1. The number of hydrogen-bond acceptors (Lipinski definition) is 3. The molecule has 0 saturated carbocycles. The van der Waals surface area contributed by atoms with Crippen molar-refractivity contribution in [2.24, 2.45) is 10.9 Å². The predicted molar refractivity (Wildman–Crippen MR) is 76.0 cm³/mol. The Kier molecular flexibility index (Phi) is 5.58. The number of carboxylic acids is 1. The monoisotopic (exact) mass is 295 g/mol. The maximum absolute atomic E-state index is 12.8. The van der Waals surface area contributed by atoms with E-state index in [0.29, 0.717) is 5.56 Å². The number of carboxylic acid groups (broad SMARTS) is 1. The highest BCUT2D eigenvalue weighted by Gasteiger charge is 2.18. The predicted octanol–water partition coefficient (Wildman–Crippen LogP) is 3.07. The number of carbonyl (C=O) groups is 2. The van der Waals surface area contributed by atoms with Gasteiger partial charge in [0.1, 0.15) is 11.4 Å². The van der Waals surface area contributed by atoms with Gasteiger partial charge < -0.3 is 9.84 Å². The first-order valence-electron chi connectivity index (χ1n) is 6.42. The standard InChI is InChI=1S/C15H18FNO4/c1-15(2,3)21-14(20)17-9-11(13(18)19)8-10-4-6-12(16)7-5-10/h4-7,9,11H,8H2,1-3H3,(H,18,19). The SMILES string of the molecule is CC(C)(C)OC(=O)N=CC(Cc1ccc(F)cc1)C(=O)O. The molecule has 1 atom stereocenters. The zero-order valence-electron chi connectivity index (χ0n) is 12.2. The van der Waals surface area contributed by atoms with Gasteiger partial charge in [-0.25, -0.2) is 9.18 Å². The summed E-state index contributed by atoms with van der Waals surface area (Å²) in [5.74, 6) is -2.50. The van der Waals surface area contributed by atoms with Gasteiger partial charge in [-0.1, -0.05) is 12.1 Å². The van der Waals surface area contributed by atoms with Gasteiger partial charge in [0.15, 0.2) is 0 Å². The van der Waals surface area contributed by atoms with Crippen LogP contribution in [-0.4, -0.2) is 29.0 Å². The van der Waals surface area contributed by atoms with Crippen molar-refractivity contribution < 1.29 is 23.8 Å². The van der Waals surface area contributed by atoms with E-state index in [4.69, 9.17) is 9.84 Å². The Morgan fingerprint density at radius 3 is 2.38 bits per heavy atom. The average molecular weight is 295 g/mol. The number of rotatable bonds is 4. The maximum Gasteiger partial charge on any atom is 0.433 e. The van der Waals surface area contributed by atoms with Gasteiger partial charge >= 0.3 is 12.1 Å². The molecule has 0 heterocycles. The summed E-state index contributed by atoms with van der Waals surface area (Å²) in [6, 6.07) is 5.48. The number of ether oxygens (including phenoxy) is 1. The van der Waals surface area contributed by atoms with Gasteiger partial charge in [-0.2, -0.15) is 4.99 Å². The molecule has 6 heteroatoms. The van der Waals surface area contributed by atoms with Crippen LogP contribution in [0.25, 0.3) is 0 Å². The second kappa shape index (κ2) is 6.97. The summed E-state index contributed by atoms with van der Waals surface area (Å²) in [6.07, 6.45) is 0.314. The average Bonchev–Trinajstić information content (AvgIpc) is 2.34. The molecule has 114 valence electrons. The third-order valence-corrected chi connectivity index (χ3v) is 2.44. The van der Waals surface area contributed by atoms with E-state index in [0.717, 1.165) is 6.21 Å². The minimum Gasteiger partial charge on any atom is -0.481 e. The molecule has 0 aliphatic heterocycles. The van der Waals surface area contributed by atoms with Crippen LogP contribution in [-0.2, 0) is 16.0 Å². The zero-order valence-corrected chi connectivity index (χ0v) is 12.2. The molecule has 1 rings (SSSR count). The Balaban J connectivity index is 2.72. The molecule has 0 spiro atoms. The van der Waals surface area contributed by atoms with Crippen LogP contribution < -0.4 is 0 Å². The molecule has 1 aromatic carbocycles. The van der Waals surface area contributed by atoms with Crippen molar-refractivity contribution in [3.05, 3.63) is 35.6 Å². The van der Waals surface area contributed by atoms with Gasteiger partial charge in [0.25, 0.3) is 0 Å². The second-order valence-electron chi connectivity index (χ2n) is 5.53. The fourth-order valence-electron chi connectivity index (χ4n) is 1.52. The smallest absolute Gasteiger partial charge is 0.433 e. The molecule has 1 unspecified atom stereocenters. The van der Waals surface area contributed by atoms with E-state index in [1.54, 1.807) is 20.8 Å². The highest BCUT2D eigenvalue weighted by molar-refractivity contribution is 5.93. The lowest BCUT2D eigenvalue weighted by Crippen LogP contribution is -2.23. The summed E-state index contributed by atoms with van der Waals surface area (Å²) in [7, 11) is 0. The quantitative estimate of drug-likeness (QED) is 0.866. The largest absolute Gasteiger partial charge is 0.481 e. The lowest BCUT2D eigenvalue weighted by atomic mass is 10.0. The molecule has 5 nitrogen and oxygen atoms in total. The summed E-state index contributed by atoms with van der Waals surface area (Å²) in [6.45, 7) is 5.06. The molecule has 0 bridgehead atoms. The lowest BCUT2D eigenvalue weighted by molar-refractivity contribution is -0.139. The van der Waals surface area contributed by atoms with Gasteiger partial charge in [-0.15, -0.1) is 0 Å². The molecule has 1 N–H and O–H groups in total. The third-order valence-electron chi connectivity index (χ3n) is 2.44. The van der Waals surface area contributed by atoms with E-state index < -0.39 is 29.4 Å². The summed E-state index contributed by atoms with van der Waals surface area (Å²) < 4.78 is 17.7. The molecular formula is C15H18FNO4. The van der Waals surface area contributed by atoms with Crippen molar-refractivity contribution >= 4 is 18.3 Å². The molecule has 0 radical (unpaired) electrons. The van der Waals surface area contributed by atoms with Gasteiger partial charge in [-0.3, -0.25) is 4.79 Å². The highest BCUT2D eigenvalue weighted by atomic mass is 19.1. The van der Waals surface area contributed by atoms with E-state index in [-0.39, 0.29) is 6.42 Å². The summed E-state index contributed by atoms with van der Waals surface area (Å²) in [4.78, 5) is 26.1. The molecule has 0 aromatic heterocycles. The third kappa shape index (κ3) is 6.65. The Bertz CT molecular complexity index is 532.